The van der Waals surface area contributed by atoms with Gasteiger partial charge in [-0.25, -0.2) is 4.79 Å². The number of thioether (sulfide) groups is 3. The summed E-state index contributed by atoms with van der Waals surface area (Å²) in [5.74, 6) is -2.38. The lowest BCUT2D eigenvalue weighted by Gasteiger charge is -2.39. The van der Waals surface area contributed by atoms with Gasteiger partial charge in [0.2, 0.25) is 5.91 Å². The molecule has 0 aromatic heterocycles. The Labute approximate surface area is 381 Å². The van der Waals surface area contributed by atoms with Gasteiger partial charge in [-0.1, -0.05) is 0 Å². The molecule has 25 nitrogen and oxygen atoms in total. The summed E-state index contributed by atoms with van der Waals surface area (Å²) in [5, 5.41) is 165. The fraction of sp³-hybridized carbons (Fsp3) is 0.861. The number of amidine groups is 3. The summed E-state index contributed by atoms with van der Waals surface area (Å²) in [5.41, 5.74) is -3.19. The topological polar surface area (TPSA) is 444 Å². The van der Waals surface area contributed by atoms with E-state index in [0.29, 0.717) is 25.7 Å². The summed E-state index contributed by atoms with van der Waals surface area (Å²) in [6, 6.07) is -2.46. The number of carboxylic acid groups (broad SMARTS) is 1. The van der Waals surface area contributed by atoms with Gasteiger partial charge in [0.05, 0.1) is 37.1 Å². The highest BCUT2D eigenvalue weighted by Gasteiger charge is 2.46. The highest BCUT2D eigenvalue weighted by Crippen LogP contribution is 2.31. The van der Waals surface area contributed by atoms with Gasteiger partial charge in [-0.3, -0.25) is 21.0 Å². The van der Waals surface area contributed by atoms with Crippen LogP contribution in [0.2, 0.25) is 0 Å². The van der Waals surface area contributed by atoms with Crippen LogP contribution in [0, 0.1) is 16.2 Å². The first-order valence-electron chi connectivity index (χ1n) is 20.6. The third-order valence-corrected chi connectivity index (χ3v) is 14.0. The Hall–Kier alpha value is -2.20. The first kappa shape index (κ1) is 56.1. The number of ether oxygens (including phenoxy) is 3. The van der Waals surface area contributed by atoms with Crippen LogP contribution in [0.4, 0.5) is 0 Å². The van der Waals surface area contributed by atoms with Crippen LogP contribution in [0.3, 0.4) is 0 Å². The van der Waals surface area contributed by atoms with E-state index in [-0.39, 0.29) is 60.7 Å². The number of aliphatic hydroxyl groups excluding tert-OH is 12. The monoisotopic (exact) mass is 979 g/mol. The van der Waals surface area contributed by atoms with E-state index < -0.39 is 133 Å². The van der Waals surface area contributed by atoms with Crippen molar-refractivity contribution in [2.75, 3.05) is 50.2 Å². The van der Waals surface area contributed by atoms with Crippen molar-refractivity contribution in [2.45, 2.75) is 140 Å². The van der Waals surface area contributed by atoms with Gasteiger partial charge < -0.3 is 102 Å². The first-order chi connectivity index (χ1) is 30.3. The van der Waals surface area contributed by atoms with Crippen LogP contribution in [0.15, 0.2) is 0 Å². The lowest BCUT2D eigenvalue weighted by molar-refractivity contribution is -0.205. The maximum atomic E-state index is 13.6. The molecule has 20 N–H and O–H groups in total. The Balaban J connectivity index is 1.50. The van der Waals surface area contributed by atoms with Crippen LogP contribution in [-0.4, -0.2) is 248 Å². The maximum absolute atomic E-state index is 13.6. The van der Waals surface area contributed by atoms with Gasteiger partial charge in [-0.05, 0) is 38.5 Å². The number of hydrogen-bond donors (Lipinski definition) is 20. The van der Waals surface area contributed by atoms with E-state index in [0.717, 1.165) is 35.3 Å². The molecule has 3 aliphatic rings. The van der Waals surface area contributed by atoms with E-state index in [2.05, 4.69) is 21.3 Å². The van der Waals surface area contributed by atoms with Crippen LogP contribution >= 0.6 is 35.3 Å². The molecule has 3 fully saturated rings. The Morgan fingerprint density at radius 3 is 1.17 bits per heavy atom. The fourth-order valence-corrected chi connectivity index (χ4v) is 9.71. The molecule has 370 valence electrons. The molecule has 0 radical (unpaired) electrons. The predicted molar refractivity (Wildman–Crippen MR) is 232 cm³/mol. The number of rotatable bonds is 26. The SMILES string of the molecule is N=C(CS[C@H]1O[C@H](CO)[C@@H](O)[C@H](O)[C@@H]1O)NCCCC[C@H](NC(=O)[C@H](CCCCNC(=N)CS[C@H]1O[C@H](CO)[C@@H](O)[C@H](O)[C@@H]1O)NC(=N)CS[C@H]1O[C@H](CO)[C@@H](O)[C@H](O)[C@@H]1O)C(=O)O. The number of amides is 1. The molecule has 3 rings (SSSR count). The summed E-state index contributed by atoms with van der Waals surface area (Å²) in [6.45, 7) is -1.32. The van der Waals surface area contributed by atoms with Crippen LogP contribution < -0.4 is 21.3 Å². The molecule has 64 heavy (non-hydrogen) atoms. The zero-order chi connectivity index (χ0) is 47.7. The number of unbranched alkanes of at least 4 members (excludes halogenated alkanes) is 2. The summed E-state index contributed by atoms with van der Waals surface area (Å²) >= 11 is 2.80. The number of aliphatic hydroxyl groups is 12. The Bertz CT molecular complexity index is 1480. The molecule has 0 aromatic rings. The van der Waals surface area contributed by atoms with Crippen molar-refractivity contribution in [3.05, 3.63) is 0 Å². The van der Waals surface area contributed by atoms with Crippen LogP contribution in [0.5, 0.6) is 0 Å². The smallest absolute Gasteiger partial charge is 0.326 e. The highest BCUT2D eigenvalue weighted by atomic mass is 32.2. The van der Waals surface area contributed by atoms with Gasteiger partial charge in [-0.2, -0.15) is 0 Å². The highest BCUT2D eigenvalue weighted by molar-refractivity contribution is 8.00. The summed E-state index contributed by atoms with van der Waals surface area (Å²) in [7, 11) is 0. The second-order valence-corrected chi connectivity index (χ2v) is 18.7. The van der Waals surface area contributed by atoms with Gasteiger partial charge >= 0.3 is 5.97 Å². The molecular weight excluding hydrogens is 915 g/mol. The molecule has 0 spiro atoms. The molecule has 28 heteroatoms. The zero-order valence-electron chi connectivity index (χ0n) is 34.8. The van der Waals surface area contributed by atoms with Crippen LogP contribution in [-0.2, 0) is 23.8 Å². The number of aliphatic carboxylic acids is 1. The molecular formula is C36H65N7O18S3. The molecule has 3 heterocycles. The summed E-state index contributed by atoms with van der Waals surface area (Å²) in [6.07, 6.45) is -15.7. The Morgan fingerprint density at radius 1 is 0.484 bits per heavy atom. The normalized spacial score (nSPS) is 34.0. The molecule has 0 unspecified atom stereocenters. The third-order valence-electron chi connectivity index (χ3n) is 10.5. The van der Waals surface area contributed by atoms with Crippen LogP contribution in [0.25, 0.3) is 0 Å². The molecule has 17 atom stereocenters. The van der Waals surface area contributed by atoms with Crippen molar-refractivity contribution < 1.29 is 90.2 Å². The average molecular weight is 980 g/mol. The number of carbonyl (C=O) groups excluding carboxylic acids is 1. The van der Waals surface area contributed by atoms with E-state index in [1.807, 2.05) is 0 Å². The van der Waals surface area contributed by atoms with Gasteiger partial charge in [0.25, 0.3) is 0 Å². The zero-order valence-corrected chi connectivity index (χ0v) is 37.2. The van der Waals surface area contributed by atoms with E-state index in [9.17, 15) is 76.0 Å². The summed E-state index contributed by atoms with van der Waals surface area (Å²) < 4.78 is 16.3. The molecule has 0 saturated carbocycles. The molecule has 0 aliphatic carbocycles. The first-order valence-corrected chi connectivity index (χ1v) is 23.8. The maximum Gasteiger partial charge on any atom is 0.326 e. The lowest BCUT2D eigenvalue weighted by Crippen LogP contribution is -2.57. The van der Waals surface area contributed by atoms with Crippen molar-refractivity contribution in [3.8, 4) is 0 Å². The largest absolute Gasteiger partial charge is 0.480 e. The number of nitrogens with one attached hydrogen (secondary N) is 7. The van der Waals surface area contributed by atoms with Gasteiger partial charge in [0.15, 0.2) is 0 Å². The van der Waals surface area contributed by atoms with Gasteiger partial charge in [-0.15, -0.1) is 35.3 Å². The van der Waals surface area contributed by atoms with E-state index in [1.165, 1.54) is 0 Å². The number of carboxylic acids is 1. The predicted octanol–water partition coefficient (Wildman–Crippen LogP) is -6.44. The average Bonchev–Trinajstić information content (AvgIpc) is 3.27. The van der Waals surface area contributed by atoms with Crippen LogP contribution in [0.1, 0.15) is 38.5 Å². The minimum atomic E-state index is -1.63. The van der Waals surface area contributed by atoms with Crippen molar-refractivity contribution in [3.63, 3.8) is 0 Å². The molecule has 1 amide bonds. The Morgan fingerprint density at radius 2 is 0.828 bits per heavy atom. The number of carbonyl (C=O) groups is 2. The second-order valence-electron chi connectivity index (χ2n) is 15.4. The minimum Gasteiger partial charge on any atom is -0.480 e. The quantitative estimate of drug-likeness (QED) is 0.0218. The van der Waals surface area contributed by atoms with Crippen molar-refractivity contribution >= 4 is 64.7 Å². The number of hydrogen-bond acceptors (Lipinski definition) is 23. The van der Waals surface area contributed by atoms with Crippen molar-refractivity contribution in [1.29, 1.82) is 16.2 Å². The standard InChI is InChI=1S/C36H65N7O18S3/c37-20(12-62-34-29(53)26(50)23(47)17(9-44)59-34)40-7-3-1-5-15(42-22(39)14-64-36-31(55)28(52)25(49)19(11-46)61-36)32(56)43-16(33(57)58)6-2-4-8-41-21(38)13-63-35-30(54)27(51)24(48)18(10-45)60-35/h15-19,23-31,34-36,44-55H,1-14H2,(H2,37,40)(H2,38,41)(H2,39,42)(H,43,56)(H,57,58)/t15-,16-,17+,18+,19+,23+,24+,25+,26-,27-,28-,29-,30-,31-,34+,35+,36+/m0/s1. The summed E-state index contributed by atoms with van der Waals surface area (Å²) in [4.78, 5) is 25.8. The molecule has 0 aromatic carbocycles. The van der Waals surface area contributed by atoms with Gasteiger partial charge in [0, 0.05) is 13.1 Å². The minimum absolute atomic E-state index is 0.0000000141. The van der Waals surface area contributed by atoms with E-state index in [4.69, 9.17) is 30.4 Å². The molecule has 3 aliphatic heterocycles. The van der Waals surface area contributed by atoms with E-state index in [1.54, 1.807) is 0 Å². The lowest BCUT2D eigenvalue weighted by atomic mass is 10.0. The third kappa shape index (κ3) is 16.8. The van der Waals surface area contributed by atoms with Gasteiger partial charge in [0.1, 0.15) is 119 Å². The fourth-order valence-electron chi connectivity index (χ4n) is 6.69. The van der Waals surface area contributed by atoms with Crippen molar-refractivity contribution in [2.24, 2.45) is 0 Å². The molecule has 0 bridgehead atoms. The second kappa shape index (κ2) is 28.2. The van der Waals surface area contributed by atoms with Crippen molar-refractivity contribution in [1.82, 2.24) is 21.3 Å². The molecule has 3 saturated heterocycles. The Kier molecular flexibility index (Phi) is 24.7. The van der Waals surface area contributed by atoms with E-state index >= 15 is 0 Å².